The number of rotatable bonds is 9. The number of ether oxygens (including phenoxy) is 1. The first-order valence-electron chi connectivity index (χ1n) is 14.2. The molecule has 2 aromatic heterocycles. The topological polar surface area (TPSA) is 129 Å². The van der Waals surface area contributed by atoms with Crippen molar-refractivity contribution in [1.82, 2.24) is 20.0 Å². The van der Waals surface area contributed by atoms with Gasteiger partial charge in [-0.25, -0.2) is 4.98 Å². The number of aliphatic hydroxyl groups excluding tert-OH is 1. The zero-order chi connectivity index (χ0) is 29.3. The number of carbonyl (C=O) groups is 1. The summed E-state index contributed by atoms with van der Waals surface area (Å²) in [5, 5.41) is 21.3. The van der Waals surface area contributed by atoms with Crippen LogP contribution in [0.25, 0.3) is 11.5 Å². The van der Waals surface area contributed by atoms with E-state index in [1.807, 2.05) is 71.3 Å². The molecule has 0 radical (unpaired) electrons. The van der Waals surface area contributed by atoms with E-state index in [1.165, 1.54) is 0 Å². The predicted molar refractivity (Wildman–Crippen MR) is 160 cm³/mol. The van der Waals surface area contributed by atoms with Gasteiger partial charge in [-0.1, -0.05) is 30.3 Å². The lowest BCUT2D eigenvalue weighted by Gasteiger charge is -2.31. The largest absolute Gasteiger partial charge is 0.394 e. The molecule has 0 aliphatic carbocycles. The average molecular weight is 570 g/mol. The van der Waals surface area contributed by atoms with Gasteiger partial charge in [0.25, 0.3) is 17.7 Å². The lowest BCUT2D eigenvalue weighted by atomic mass is 9.93. The van der Waals surface area contributed by atoms with Crippen LogP contribution in [0.3, 0.4) is 0 Å². The number of anilines is 4. The molecular weight excluding hydrogens is 534 g/mol. The van der Waals surface area contributed by atoms with Crippen molar-refractivity contribution in [3.05, 3.63) is 77.5 Å². The number of fused-ring (bicyclic) bond motifs is 1. The number of hydrogen-bond acceptors (Lipinski definition) is 10. The first-order chi connectivity index (χ1) is 20.4. The average Bonchev–Trinajstić information content (AvgIpc) is 3.57. The van der Waals surface area contributed by atoms with Gasteiger partial charge in [0, 0.05) is 43.1 Å². The number of carbonyl (C=O) groups excluding carboxylic acids is 1. The maximum Gasteiger partial charge on any atom is 0.266 e. The number of amides is 1. The number of hydrogen-bond donors (Lipinski definition) is 3. The van der Waals surface area contributed by atoms with Gasteiger partial charge in [0.05, 0.1) is 42.7 Å². The molecule has 4 aromatic rings. The lowest BCUT2D eigenvalue weighted by Crippen LogP contribution is -2.38. The maximum absolute atomic E-state index is 12.9. The molecule has 1 fully saturated rings. The third-order valence-corrected chi connectivity index (χ3v) is 7.98. The number of benzene rings is 2. The molecule has 42 heavy (non-hydrogen) atoms. The number of aromatic nitrogens is 3. The summed E-state index contributed by atoms with van der Waals surface area (Å²) in [7, 11) is 0. The van der Waals surface area contributed by atoms with E-state index in [9.17, 15) is 9.90 Å². The van der Waals surface area contributed by atoms with Crippen molar-refractivity contribution in [3.63, 3.8) is 0 Å². The molecule has 0 saturated carbocycles. The summed E-state index contributed by atoms with van der Waals surface area (Å²) < 4.78 is 11.1. The Bertz CT molecular complexity index is 1570. The molecule has 0 spiro atoms. The van der Waals surface area contributed by atoms with E-state index in [0.29, 0.717) is 61.8 Å². The van der Waals surface area contributed by atoms with Crippen LogP contribution in [0.4, 0.5) is 23.1 Å². The highest BCUT2D eigenvalue weighted by atomic mass is 16.5. The van der Waals surface area contributed by atoms with Crippen molar-refractivity contribution < 1.29 is 19.2 Å². The molecule has 2 aromatic carbocycles. The summed E-state index contributed by atoms with van der Waals surface area (Å²) in [5.74, 6) is 1.44. The molecule has 1 saturated heterocycles. The van der Waals surface area contributed by atoms with Crippen LogP contribution in [0.15, 0.2) is 65.3 Å². The van der Waals surface area contributed by atoms with E-state index in [1.54, 1.807) is 6.20 Å². The zero-order valence-corrected chi connectivity index (χ0v) is 24.0. The first kappa shape index (κ1) is 27.7. The maximum atomic E-state index is 12.9. The molecule has 2 aliphatic heterocycles. The van der Waals surface area contributed by atoms with Gasteiger partial charge in [-0.2, -0.15) is 4.98 Å². The fraction of sp³-hybridized carbons (Fsp3) is 0.355. The van der Waals surface area contributed by atoms with Crippen molar-refractivity contribution in [2.75, 3.05) is 55.0 Å². The number of morpholine rings is 1. The molecule has 11 nitrogen and oxygen atoms in total. The molecule has 6 rings (SSSR count). The van der Waals surface area contributed by atoms with E-state index in [0.717, 1.165) is 22.4 Å². The molecule has 0 bridgehead atoms. The van der Waals surface area contributed by atoms with Crippen LogP contribution >= 0.6 is 0 Å². The molecular formula is C31H35N7O4. The summed E-state index contributed by atoms with van der Waals surface area (Å²) in [6, 6.07) is 17.0. The highest BCUT2D eigenvalue weighted by Gasteiger charge is 2.42. The van der Waals surface area contributed by atoms with Crippen LogP contribution in [-0.4, -0.2) is 70.5 Å². The van der Waals surface area contributed by atoms with Gasteiger partial charge < -0.3 is 34.8 Å². The van der Waals surface area contributed by atoms with Crippen molar-refractivity contribution in [2.24, 2.45) is 0 Å². The summed E-state index contributed by atoms with van der Waals surface area (Å²) in [6.07, 6.45) is 1.68. The molecule has 2 aliphatic rings. The van der Waals surface area contributed by atoms with Crippen LogP contribution in [0, 0.1) is 0 Å². The van der Waals surface area contributed by atoms with Crippen molar-refractivity contribution >= 4 is 29.0 Å². The molecule has 1 atom stereocenters. The second-order valence-electron chi connectivity index (χ2n) is 10.9. The van der Waals surface area contributed by atoms with Gasteiger partial charge in [-0.3, -0.25) is 4.79 Å². The second kappa shape index (κ2) is 11.4. The van der Waals surface area contributed by atoms with Gasteiger partial charge in [0.2, 0.25) is 0 Å². The number of nitrogens with zero attached hydrogens (tertiary/aromatic N) is 5. The Kier molecular flexibility index (Phi) is 7.53. The quantitative estimate of drug-likeness (QED) is 0.264. The summed E-state index contributed by atoms with van der Waals surface area (Å²) in [6.45, 7) is 9.22. The Balaban J connectivity index is 1.33. The Labute approximate surface area is 244 Å². The predicted octanol–water partition coefficient (Wildman–Crippen LogP) is 4.57. The molecule has 0 unspecified atom stereocenters. The van der Waals surface area contributed by atoms with Gasteiger partial charge >= 0.3 is 0 Å². The summed E-state index contributed by atoms with van der Waals surface area (Å²) >= 11 is 0. The van der Waals surface area contributed by atoms with Crippen LogP contribution in [0.1, 0.15) is 48.3 Å². The molecule has 3 N–H and O–H groups in total. The third-order valence-electron chi connectivity index (χ3n) is 7.98. The van der Waals surface area contributed by atoms with Gasteiger partial charge in [0.1, 0.15) is 5.82 Å². The fourth-order valence-electron chi connectivity index (χ4n) is 5.68. The smallest absolute Gasteiger partial charge is 0.266 e. The minimum atomic E-state index is -0.414. The van der Waals surface area contributed by atoms with Gasteiger partial charge in [-0.15, -0.1) is 0 Å². The highest BCUT2D eigenvalue weighted by Crippen LogP contribution is 2.40. The van der Waals surface area contributed by atoms with E-state index in [4.69, 9.17) is 9.26 Å². The second-order valence-corrected chi connectivity index (χ2v) is 10.9. The molecule has 4 heterocycles. The standard InChI is InChI=1S/C31H35N7O4/c1-4-38-29(40)22-11-10-21(16-24(22)31(38,2)3)33-27-17-25(34-26(19-39)20-8-6-5-7-9-20)23(18-32-27)28-35-30(36-42-28)37-12-14-41-15-13-37/h5-11,16-18,26,39H,4,12-15,19H2,1-3H3,(H2,32,33,34)/t26-/m1/s1. The van der Waals surface area contributed by atoms with E-state index in [-0.39, 0.29) is 18.6 Å². The fourth-order valence-corrected chi connectivity index (χ4v) is 5.68. The zero-order valence-electron chi connectivity index (χ0n) is 24.0. The Morgan fingerprint density at radius 3 is 2.60 bits per heavy atom. The Morgan fingerprint density at radius 2 is 1.86 bits per heavy atom. The van der Waals surface area contributed by atoms with E-state index < -0.39 is 5.54 Å². The number of pyridine rings is 1. The Morgan fingerprint density at radius 1 is 1.07 bits per heavy atom. The van der Waals surface area contributed by atoms with Crippen LogP contribution in [0.2, 0.25) is 0 Å². The summed E-state index contributed by atoms with van der Waals surface area (Å²) in [5.41, 5.74) is 4.31. The lowest BCUT2D eigenvalue weighted by molar-refractivity contribution is 0.0635. The van der Waals surface area contributed by atoms with Crippen LogP contribution < -0.4 is 15.5 Å². The highest BCUT2D eigenvalue weighted by molar-refractivity contribution is 6.00. The summed E-state index contributed by atoms with van der Waals surface area (Å²) in [4.78, 5) is 26.1. The Hall–Kier alpha value is -4.48. The molecule has 218 valence electrons. The van der Waals surface area contributed by atoms with Gasteiger partial charge in [0.15, 0.2) is 0 Å². The number of aliphatic hydroxyl groups is 1. The van der Waals surface area contributed by atoms with Crippen molar-refractivity contribution in [2.45, 2.75) is 32.4 Å². The SMILES string of the molecule is CCN1C(=O)c2ccc(Nc3cc(N[C@H](CO)c4ccccc4)c(-c4nc(N5CCOCC5)no4)cn3)cc2C1(C)C. The van der Waals surface area contributed by atoms with Crippen molar-refractivity contribution in [3.8, 4) is 11.5 Å². The molecule has 1 amide bonds. The van der Waals surface area contributed by atoms with Gasteiger partial charge in [-0.05, 0) is 55.3 Å². The normalized spacial score (nSPS) is 16.8. The minimum Gasteiger partial charge on any atom is -0.394 e. The van der Waals surface area contributed by atoms with Crippen LogP contribution in [-0.2, 0) is 10.3 Å². The monoisotopic (exact) mass is 569 g/mol. The van der Waals surface area contributed by atoms with E-state index in [2.05, 4.69) is 39.6 Å². The third kappa shape index (κ3) is 5.17. The van der Waals surface area contributed by atoms with Crippen molar-refractivity contribution in [1.29, 1.82) is 0 Å². The number of nitrogens with one attached hydrogen (secondary N) is 2. The van der Waals surface area contributed by atoms with Crippen LogP contribution in [0.5, 0.6) is 0 Å². The van der Waals surface area contributed by atoms with E-state index >= 15 is 0 Å². The first-order valence-corrected chi connectivity index (χ1v) is 14.2. The molecule has 11 heteroatoms. The minimum absolute atomic E-state index is 0.0463.